The van der Waals surface area contributed by atoms with Gasteiger partial charge in [0.25, 0.3) is 0 Å². The molecule has 0 bridgehead atoms. The molecule has 1 saturated heterocycles. The molecule has 2 unspecified atom stereocenters. The van der Waals surface area contributed by atoms with E-state index in [1.807, 2.05) is 27.7 Å². The van der Waals surface area contributed by atoms with Crippen LogP contribution in [0.5, 0.6) is 0 Å². The van der Waals surface area contributed by atoms with Crippen molar-refractivity contribution in [3.05, 3.63) is 0 Å². The summed E-state index contributed by atoms with van der Waals surface area (Å²) in [6.45, 7) is 10.9. The summed E-state index contributed by atoms with van der Waals surface area (Å²) in [7, 11) is 0. The molecule has 7 nitrogen and oxygen atoms in total. The Bertz CT molecular complexity index is 502. The largest absolute Gasteiger partial charge is 0.354 e. The number of rotatable bonds is 8. The van der Waals surface area contributed by atoms with Gasteiger partial charge in [0.2, 0.25) is 17.7 Å². The van der Waals surface area contributed by atoms with E-state index in [0.717, 1.165) is 19.3 Å². The monoisotopic (exact) mass is 369 g/mol. The van der Waals surface area contributed by atoms with Gasteiger partial charge in [-0.15, -0.1) is 0 Å². The Balaban J connectivity index is 2.87. The molecule has 0 spiro atoms. The zero-order valence-corrected chi connectivity index (χ0v) is 16.8. The van der Waals surface area contributed by atoms with Crippen LogP contribution >= 0.6 is 0 Å². The Labute approximate surface area is 156 Å². The van der Waals surface area contributed by atoms with E-state index in [1.165, 1.54) is 0 Å². The molecular weight excluding hydrogens is 334 g/mol. The van der Waals surface area contributed by atoms with Crippen LogP contribution in [0, 0.1) is 17.3 Å². The van der Waals surface area contributed by atoms with Crippen LogP contribution in [0.4, 0.5) is 0 Å². The normalized spacial score (nSPS) is 19.8. The van der Waals surface area contributed by atoms with Gasteiger partial charge in [-0.2, -0.15) is 0 Å². The van der Waals surface area contributed by atoms with E-state index in [-0.39, 0.29) is 17.2 Å². The summed E-state index contributed by atoms with van der Waals surface area (Å²) < 4.78 is 0. The van der Waals surface area contributed by atoms with E-state index in [9.17, 15) is 14.4 Å². The fourth-order valence-corrected chi connectivity index (χ4v) is 3.28. The highest BCUT2D eigenvalue weighted by atomic mass is 16.5. The first-order chi connectivity index (χ1) is 12.1. The third-order valence-corrected chi connectivity index (χ3v) is 4.94. The molecule has 0 aromatic heterocycles. The van der Waals surface area contributed by atoms with Crippen molar-refractivity contribution < 1.29 is 19.6 Å². The molecule has 1 rings (SSSR count). The average Bonchev–Trinajstić information content (AvgIpc) is 3.07. The molecule has 3 atom stereocenters. The average molecular weight is 370 g/mol. The second-order valence-corrected chi connectivity index (χ2v) is 8.48. The number of carbonyl (C=O) groups excluding carboxylic acids is 3. The Hall–Kier alpha value is -1.63. The number of amides is 3. The molecule has 0 saturated carbocycles. The molecule has 0 aromatic rings. The summed E-state index contributed by atoms with van der Waals surface area (Å²) in [5.74, 6) is -2.02. The van der Waals surface area contributed by atoms with Gasteiger partial charge in [0.15, 0.2) is 0 Å². The number of unbranched alkanes of at least 4 members (excludes halogenated alkanes) is 1. The fraction of sp³-hybridized carbons (Fsp3) is 0.842. The highest BCUT2D eigenvalue weighted by Crippen LogP contribution is 2.27. The van der Waals surface area contributed by atoms with Crippen molar-refractivity contribution in [1.82, 2.24) is 15.7 Å². The van der Waals surface area contributed by atoms with Crippen molar-refractivity contribution in [2.75, 3.05) is 13.1 Å². The number of nitrogens with zero attached hydrogens (tertiary/aromatic N) is 1. The molecule has 1 heterocycles. The topological polar surface area (TPSA) is 98.7 Å². The molecule has 7 heteroatoms. The second kappa shape index (κ2) is 9.90. The Morgan fingerprint density at radius 2 is 1.92 bits per heavy atom. The fourth-order valence-electron chi connectivity index (χ4n) is 3.28. The maximum Gasteiger partial charge on any atom is 0.246 e. The van der Waals surface area contributed by atoms with E-state index < -0.39 is 23.8 Å². The van der Waals surface area contributed by atoms with Gasteiger partial charge in [0, 0.05) is 24.9 Å². The molecular formula is C19H35N3O4. The summed E-state index contributed by atoms with van der Waals surface area (Å²) in [5.41, 5.74) is 1.62. The van der Waals surface area contributed by atoms with Gasteiger partial charge in [0.1, 0.15) is 6.04 Å². The highest BCUT2D eigenvalue weighted by Gasteiger charge is 2.40. The minimum absolute atomic E-state index is 0.0273. The Morgan fingerprint density at radius 1 is 1.27 bits per heavy atom. The molecule has 0 aliphatic carbocycles. The van der Waals surface area contributed by atoms with Crippen LogP contribution in [0.2, 0.25) is 0 Å². The second-order valence-electron chi connectivity index (χ2n) is 8.48. The maximum atomic E-state index is 13.1. The van der Waals surface area contributed by atoms with E-state index in [2.05, 4.69) is 5.32 Å². The van der Waals surface area contributed by atoms with E-state index in [4.69, 9.17) is 5.21 Å². The molecule has 26 heavy (non-hydrogen) atoms. The number of likely N-dealkylation sites (tertiary alicyclic amines) is 1. The lowest BCUT2D eigenvalue weighted by Gasteiger charge is -2.31. The summed E-state index contributed by atoms with van der Waals surface area (Å²) in [4.78, 5) is 39.2. The summed E-state index contributed by atoms with van der Waals surface area (Å²) in [6.07, 6.45) is 3.71. The summed E-state index contributed by atoms with van der Waals surface area (Å²) in [5, 5.41) is 11.9. The van der Waals surface area contributed by atoms with Crippen LogP contribution in [-0.2, 0) is 14.4 Å². The first-order valence-corrected chi connectivity index (χ1v) is 9.64. The standard InChI is InChI=1S/C19H35N3O4/c1-6-7-9-14(13(2)16(23)21-26)18(25)22-11-8-10-15(22)17(24)20-12-19(3,4)5/h13-15,26H,6-12H2,1-5H3,(H,20,24)(H,21,23)/t13-,14?,15?/m1/s1. The molecule has 150 valence electrons. The van der Waals surface area contributed by atoms with Crippen molar-refractivity contribution in [2.45, 2.75) is 72.8 Å². The van der Waals surface area contributed by atoms with Crippen molar-refractivity contribution >= 4 is 17.7 Å². The Morgan fingerprint density at radius 3 is 2.46 bits per heavy atom. The van der Waals surface area contributed by atoms with Crippen LogP contribution in [0.15, 0.2) is 0 Å². The molecule has 1 fully saturated rings. The molecule has 3 amide bonds. The minimum atomic E-state index is -0.641. The van der Waals surface area contributed by atoms with Crippen LogP contribution in [0.3, 0.4) is 0 Å². The van der Waals surface area contributed by atoms with Gasteiger partial charge < -0.3 is 10.2 Å². The Kier molecular flexibility index (Phi) is 8.53. The van der Waals surface area contributed by atoms with Gasteiger partial charge in [-0.3, -0.25) is 19.6 Å². The van der Waals surface area contributed by atoms with E-state index in [0.29, 0.717) is 25.9 Å². The van der Waals surface area contributed by atoms with Crippen molar-refractivity contribution in [3.8, 4) is 0 Å². The number of hydroxylamine groups is 1. The number of nitrogens with one attached hydrogen (secondary N) is 2. The molecule has 1 aliphatic rings. The van der Waals surface area contributed by atoms with Gasteiger partial charge in [-0.05, 0) is 24.7 Å². The van der Waals surface area contributed by atoms with Gasteiger partial charge >= 0.3 is 0 Å². The lowest BCUT2D eigenvalue weighted by Crippen LogP contribution is -2.50. The minimum Gasteiger partial charge on any atom is -0.354 e. The van der Waals surface area contributed by atoms with Gasteiger partial charge in [-0.25, -0.2) is 5.48 Å². The van der Waals surface area contributed by atoms with E-state index in [1.54, 1.807) is 17.3 Å². The predicted molar refractivity (Wildman–Crippen MR) is 99.3 cm³/mol. The van der Waals surface area contributed by atoms with Crippen LogP contribution in [0.1, 0.15) is 66.7 Å². The lowest BCUT2D eigenvalue weighted by atomic mass is 9.87. The third kappa shape index (κ3) is 6.27. The highest BCUT2D eigenvalue weighted by molar-refractivity contribution is 5.91. The lowest BCUT2D eigenvalue weighted by molar-refractivity contribution is -0.147. The SMILES string of the molecule is CCCCC(C(=O)N1CCCC1C(=O)NCC(C)(C)C)[C@@H](C)C(=O)NO. The van der Waals surface area contributed by atoms with Crippen LogP contribution in [0.25, 0.3) is 0 Å². The zero-order chi connectivity index (χ0) is 19.9. The van der Waals surface area contributed by atoms with Crippen molar-refractivity contribution in [3.63, 3.8) is 0 Å². The molecule has 0 radical (unpaired) electrons. The van der Waals surface area contributed by atoms with Crippen molar-refractivity contribution in [1.29, 1.82) is 0 Å². The predicted octanol–water partition coefficient (Wildman–Crippen LogP) is 2.09. The first kappa shape index (κ1) is 22.4. The number of hydrogen-bond acceptors (Lipinski definition) is 4. The summed E-state index contributed by atoms with van der Waals surface area (Å²) in [6, 6.07) is -0.474. The first-order valence-electron chi connectivity index (χ1n) is 9.64. The van der Waals surface area contributed by atoms with Crippen molar-refractivity contribution in [2.24, 2.45) is 17.3 Å². The number of hydrogen-bond donors (Lipinski definition) is 3. The zero-order valence-electron chi connectivity index (χ0n) is 16.8. The third-order valence-electron chi connectivity index (χ3n) is 4.94. The molecule has 0 aromatic carbocycles. The summed E-state index contributed by atoms with van der Waals surface area (Å²) >= 11 is 0. The quantitative estimate of drug-likeness (QED) is 0.451. The molecule has 3 N–H and O–H groups in total. The van der Waals surface area contributed by atoms with E-state index >= 15 is 0 Å². The van der Waals surface area contributed by atoms with Crippen LogP contribution in [-0.4, -0.2) is 47.0 Å². The number of carbonyl (C=O) groups is 3. The van der Waals surface area contributed by atoms with Crippen LogP contribution < -0.4 is 10.8 Å². The van der Waals surface area contributed by atoms with Gasteiger partial charge in [0.05, 0.1) is 0 Å². The maximum absolute atomic E-state index is 13.1. The van der Waals surface area contributed by atoms with Gasteiger partial charge in [-0.1, -0.05) is 47.5 Å². The molecule has 1 aliphatic heterocycles. The smallest absolute Gasteiger partial charge is 0.246 e.